The zero-order valence-corrected chi connectivity index (χ0v) is 10.7. The summed E-state index contributed by atoms with van der Waals surface area (Å²) in [5.41, 5.74) is 0. The molecule has 1 aromatic heterocycles. The topological polar surface area (TPSA) is 46.1 Å². The molecule has 0 unspecified atom stereocenters. The predicted octanol–water partition coefficient (Wildman–Crippen LogP) is 1.72. The lowest BCUT2D eigenvalue weighted by molar-refractivity contribution is 0.0969. The molecule has 0 aromatic carbocycles. The molecule has 6 heteroatoms. The zero-order chi connectivity index (χ0) is 11.7. The van der Waals surface area contributed by atoms with E-state index in [0.717, 1.165) is 45.0 Å². The van der Waals surface area contributed by atoms with Gasteiger partial charge in [-0.05, 0) is 37.9 Å². The van der Waals surface area contributed by atoms with Crippen LogP contribution in [0.15, 0.2) is 0 Å². The first-order valence-electron chi connectivity index (χ1n) is 6.36. The summed E-state index contributed by atoms with van der Waals surface area (Å²) in [5.74, 6) is 0.989. The van der Waals surface area contributed by atoms with Crippen molar-refractivity contribution < 1.29 is 4.74 Å². The lowest BCUT2D eigenvalue weighted by Gasteiger charge is -2.19. The molecule has 2 aliphatic rings. The highest BCUT2D eigenvalue weighted by Crippen LogP contribution is 2.21. The number of rotatable bonds is 3. The van der Waals surface area contributed by atoms with Gasteiger partial charge in [-0.1, -0.05) is 0 Å². The van der Waals surface area contributed by atoms with Gasteiger partial charge in [0, 0.05) is 19.7 Å². The van der Waals surface area contributed by atoms with E-state index in [1.54, 1.807) is 0 Å². The molecule has 5 nitrogen and oxygen atoms in total. The Morgan fingerprint density at radius 2 is 2.18 bits per heavy atom. The molecule has 2 aliphatic heterocycles. The second-order valence-electron chi connectivity index (χ2n) is 4.77. The van der Waals surface area contributed by atoms with E-state index in [1.165, 1.54) is 12.8 Å². The lowest BCUT2D eigenvalue weighted by Crippen LogP contribution is -2.25. The Morgan fingerprint density at radius 1 is 1.35 bits per heavy atom. The number of nitrogens with one attached hydrogen (secondary N) is 1. The molecule has 0 aliphatic carbocycles. The van der Waals surface area contributed by atoms with Crippen molar-refractivity contribution in [1.29, 1.82) is 0 Å². The van der Waals surface area contributed by atoms with Gasteiger partial charge in [-0.15, -0.1) is 5.10 Å². The fourth-order valence-corrected chi connectivity index (χ4v) is 2.83. The van der Waals surface area contributed by atoms with Gasteiger partial charge >= 0.3 is 0 Å². The van der Waals surface area contributed by atoms with Crippen LogP contribution in [-0.2, 0) is 11.3 Å². The highest BCUT2D eigenvalue weighted by Gasteiger charge is 2.22. The standard InChI is InChI=1S/C11H18N4OS/c17-11-13-12-10(14-5-1-2-6-14)15(11)8-9-4-3-7-16-9/h9H,1-8H2,(H,13,17)/t9-/m0/s1. The first-order valence-corrected chi connectivity index (χ1v) is 6.77. The third-order valence-corrected chi connectivity index (χ3v) is 3.85. The number of ether oxygens (including phenoxy) is 1. The SMILES string of the molecule is S=c1[nH]nc(N2CCCC2)n1C[C@@H]1CCCO1. The summed E-state index contributed by atoms with van der Waals surface area (Å²) in [6, 6.07) is 0. The maximum absolute atomic E-state index is 5.67. The highest BCUT2D eigenvalue weighted by molar-refractivity contribution is 7.71. The molecule has 3 heterocycles. The largest absolute Gasteiger partial charge is 0.376 e. The van der Waals surface area contributed by atoms with Crippen LogP contribution in [0.25, 0.3) is 0 Å². The summed E-state index contributed by atoms with van der Waals surface area (Å²) in [5, 5.41) is 7.26. The van der Waals surface area contributed by atoms with Crippen LogP contribution in [0.5, 0.6) is 0 Å². The minimum absolute atomic E-state index is 0.306. The number of H-pyrrole nitrogens is 1. The van der Waals surface area contributed by atoms with E-state index >= 15 is 0 Å². The van der Waals surface area contributed by atoms with Gasteiger partial charge in [0.1, 0.15) is 0 Å². The summed E-state index contributed by atoms with van der Waals surface area (Å²) >= 11 is 5.31. The zero-order valence-electron chi connectivity index (χ0n) is 9.89. The Kier molecular flexibility index (Phi) is 3.15. The lowest BCUT2D eigenvalue weighted by atomic mass is 10.2. The van der Waals surface area contributed by atoms with Gasteiger partial charge in [-0.2, -0.15) is 0 Å². The predicted molar refractivity (Wildman–Crippen MR) is 67.8 cm³/mol. The van der Waals surface area contributed by atoms with Crippen molar-refractivity contribution in [2.75, 3.05) is 24.6 Å². The molecule has 0 spiro atoms. The molecule has 0 amide bonds. The number of aromatic amines is 1. The van der Waals surface area contributed by atoms with Gasteiger partial charge in [-0.25, -0.2) is 5.10 Å². The van der Waals surface area contributed by atoms with Gasteiger partial charge in [0.05, 0.1) is 12.6 Å². The minimum Gasteiger partial charge on any atom is -0.376 e. The fraction of sp³-hybridized carbons (Fsp3) is 0.818. The second-order valence-corrected chi connectivity index (χ2v) is 5.16. The van der Waals surface area contributed by atoms with Crippen molar-refractivity contribution in [3.8, 4) is 0 Å². The smallest absolute Gasteiger partial charge is 0.225 e. The normalized spacial score (nSPS) is 24.7. The first-order chi connectivity index (χ1) is 8.34. The molecule has 2 saturated heterocycles. The van der Waals surface area contributed by atoms with Crippen molar-refractivity contribution in [2.24, 2.45) is 0 Å². The molecule has 3 rings (SSSR count). The van der Waals surface area contributed by atoms with Crippen LogP contribution < -0.4 is 4.90 Å². The van der Waals surface area contributed by atoms with E-state index in [9.17, 15) is 0 Å². The molecule has 1 N–H and O–H groups in total. The maximum atomic E-state index is 5.67. The number of anilines is 1. The van der Waals surface area contributed by atoms with Crippen LogP contribution in [0.3, 0.4) is 0 Å². The molecular weight excluding hydrogens is 236 g/mol. The van der Waals surface area contributed by atoms with Gasteiger partial charge in [-0.3, -0.25) is 4.57 Å². The van der Waals surface area contributed by atoms with E-state index in [1.807, 2.05) is 0 Å². The van der Waals surface area contributed by atoms with Crippen molar-refractivity contribution >= 4 is 18.2 Å². The van der Waals surface area contributed by atoms with E-state index in [0.29, 0.717) is 10.9 Å². The Balaban J connectivity index is 1.81. The van der Waals surface area contributed by atoms with Gasteiger partial charge in [0.25, 0.3) is 0 Å². The first kappa shape index (κ1) is 11.2. The summed E-state index contributed by atoms with van der Waals surface area (Å²) in [4.78, 5) is 2.31. The quantitative estimate of drug-likeness (QED) is 0.834. The van der Waals surface area contributed by atoms with Crippen molar-refractivity contribution in [1.82, 2.24) is 14.8 Å². The monoisotopic (exact) mass is 254 g/mol. The van der Waals surface area contributed by atoms with Gasteiger partial charge < -0.3 is 9.64 Å². The highest BCUT2D eigenvalue weighted by atomic mass is 32.1. The molecule has 17 heavy (non-hydrogen) atoms. The molecule has 0 radical (unpaired) electrons. The van der Waals surface area contributed by atoms with Crippen LogP contribution in [-0.4, -0.2) is 40.6 Å². The Hall–Kier alpha value is -0.880. The maximum Gasteiger partial charge on any atom is 0.225 e. The van der Waals surface area contributed by atoms with Crippen LogP contribution >= 0.6 is 12.2 Å². The number of aromatic nitrogens is 3. The molecule has 0 saturated carbocycles. The molecular formula is C11H18N4OS. The molecule has 0 bridgehead atoms. The summed E-state index contributed by atoms with van der Waals surface area (Å²) in [6.07, 6.45) is 5.10. The average molecular weight is 254 g/mol. The van der Waals surface area contributed by atoms with Crippen LogP contribution in [0.4, 0.5) is 5.95 Å². The molecule has 2 fully saturated rings. The van der Waals surface area contributed by atoms with Crippen molar-refractivity contribution in [3.05, 3.63) is 4.77 Å². The van der Waals surface area contributed by atoms with Crippen LogP contribution in [0.1, 0.15) is 25.7 Å². The van der Waals surface area contributed by atoms with Crippen LogP contribution in [0, 0.1) is 4.77 Å². The third kappa shape index (κ3) is 2.24. The van der Waals surface area contributed by atoms with Crippen LogP contribution in [0.2, 0.25) is 0 Å². The number of nitrogens with zero attached hydrogens (tertiary/aromatic N) is 3. The Labute approximate surface area is 106 Å². The summed E-state index contributed by atoms with van der Waals surface area (Å²) in [6.45, 7) is 3.90. The molecule has 1 atom stereocenters. The van der Waals surface area contributed by atoms with E-state index in [2.05, 4.69) is 19.7 Å². The third-order valence-electron chi connectivity index (χ3n) is 3.54. The molecule has 1 aromatic rings. The van der Waals surface area contributed by atoms with E-state index < -0.39 is 0 Å². The Bertz CT molecular complexity index is 429. The molecule has 94 valence electrons. The van der Waals surface area contributed by atoms with Gasteiger partial charge in [0.15, 0.2) is 4.77 Å². The number of hydrogen-bond donors (Lipinski definition) is 1. The fourth-order valence-electron chi connectivity index (χ4n) is 2.62. The average Bonchev–Trinajstić information content (AvgIpc) is 3.03. The van der Waals surface area contributed by atoms with Gasteiger partial charge in [0.2, 0.25) is 5.95 Å². The van der Waals surface area contributed by atoms with E-state index in [-0.39, 0.29) is 0 Å². The minimum atomic E-state index is 0.306. The second kappa shape index (κ2) is 4.78. The summed E-state index contributed by atoms with van der Waals surface area (Å²) < 4.78 is 8.48. The van der Waals surface area contributed by atoms with Crippen molar-refractivity contribution in [3.63, 3.8) is 0 Å². The van der Waals surface area contributed by atoms with Crippen molar-refractivity contribution in [2.45, 2.75) is 38.3 Å². The Morgan fingerprint density at radius 3 is 2.88 bits per heavy atom. The van der Waals surface area contributed by atoms with E-state index in [4.69, 9.17) is 17.0 Å². The number of hydrogen-bond acceptors (Lipinski definition) is 4. The summed E-state index contributed by atoms with van der Waals surface area (Å²) in [7, 11) is 0.